The van der Waals surface area contributed by atoms with E-state index in [1.807, 2.05) is 38.1 Å². The second-order valence-electron chi connectivity index (χ2n) is 6.37. The summed E-state index contributed by atoms with van der Waals surface area (Å²) < 4.78 is 9.15. The van der Waals surface area contributed by atoms with Crippen molar-refractivity contribution in [3.63, 3.8) is 0 Å². The van der Waals surface area contributed by atoms with Crippen LogP contribution in [0.5, 0.6) is 0 Å². The summed E-state index contributed by atoms with van der Waals surface area (Å²) in [7, 11) is 1.53. The van der Waals surface area contributed by atoms with Crippen molar-refractivity contribution in [2.24, 2.45) is 17.3 Å². The van der Waals surface area contributed by atoms with E-state index in [9.17, 15) is 4.79 Å². The van der Waals surface area contributed by atoms with Gasteiger partial charge in [0, 0.05) is 28.5 Å². The molecule has 0 unspecified atom stereocenters. The number of aromatic nitrogens is 4. The number of benzene rings is 2. The number of tetrazole rings is 1. The van der Waals surface area contributed by atoms with Crippen LogP contribution in [0.3, 0.4) is 0 Å². The van der Waals surface area contributed by atoms with Crippen LogP contribution in [-0.4, -0.2) is 31.4 Å². The first kappa shape index (κ1) is 21.9. The van der Waals surface area contributed by atoms with Gasteiger partial charge in [-0.25, -0.2) is 4.79 Å². The first-order valence-electron chi connectivity index (χ1n) is 9.17. The lowest BCUT2D eigenvalue weighted by molar-refractivity contribution is 0.283. The molecule has 0 aliphatic carbocycles. The molecule has 0 saturated heterocycles. The summed E-state index contributed by atoms with van der Waals surface area (Å²) >= 11 is 9.82. The molecule has 0 saturated carbocycles. The van der Waals surface area contributed by atoms with Gasteiger partial charge in [-0.3, -0.25) is 0 Å². The molecule has 0 aliphatic heterocycles. The van der Waals surface area contributed by atoms with Crippen LogP contribution < -0.4 is 5.69 Å². The molecule has 1 heterocycles. The van der Waals surface area contributed by atoms with Crippen LogP contribution in [0.2, 0.25) is 5.02 Å². The molecule has 0 N–H and O–H groups in total. The average Bonchev–Trinajstić information content (AvgIpc) is 3.07. The van der Waals surface area contributed by atoms with E-state index < -0.39 is 0 Å². The van der Waals surface area contributed by atoms with Gasteiger partial charge in [-0.15, -0.1) is 5.10 Å². The lowest BCUT2D eigenvalue weighted by atomic mass is 10.1. The minimum absolute atomic E-state index is 0.107. The third-order valence-electron chi connectivity index (χ3n) is 4.28. The lowest BCUT2D eigenvalue weighted by Crippen LogP contribution is -2.23. The van der Waals surface area contributed by atoms with E-state index in [1.165, 1.54) is 11.7 Å². The summed E-state index contributed by atoms with van der Waals surface area (Å²) in [6.45, 7) is 3.91. The van der Waals surface area contributed by atoms with Crippen molar-refractivity contribution in [2.75, 3.05) is 0 Å². The maximum absolute atomic E-state index is 12.2. The first-order valence-corrected chi connectivity index (χ1v) is 10.3. The van der Waals surface area contributed by atoms with E-state index in [0.29, 0.717) is 28.6 Å². The fraction of sp³-hybridized carbons (Fsp3) is 0.250. The van der Waals surface area contributed by atoms with Crippen molar-refractivity contribution in [3.8, 4) is 5.69 Å². The van der Waals surface area contributed by atoms with Crippen LogP contribution in [0.1, 0.15) is 31.4 Å². The van der Waals surface area contributed by atoms with E-state index in [4.69, 9.17) is 16.3 Å². The quantitative estimate of drug-likeness (QED) is 0.295. The number of rotatable bonds is 6. The van der Waals surface area contributed by atoms with Crippen molar-refractivity contribution < 1.29 is 4.74 Å². The molecule has 1 aromatic heterocycles. The molecule has 0 spiro atoms. The Morgan fingerprint density at radius 3 is 2.63 bits per heavy atom. The number of aryl methyl sites for hydroxylation is 1. The molecule has 3 rings (SSSR count). The molecular formula is C20H20BrClN6O2. The molecule has 0 aliphatic rings. The molecule has 8 nitrogen and oxygen atoms in total. The Bertz CT molecular complexity index is 1170. The second kappa shape index (κ2) is 9.82. The molecule has 0 fully saturated rings. The van der Waals surface area contributed by atoms with E-state index in [0.717, 1.165) is 20.4 Å². The van der Waals surface area contributed by atoms with Gasteiger partial charge >= 0.3 is 5.69 Å². The monoisotopic (exact) mass is 490 g/mol. The zero-order valence-corrected chi connectivity index (χ0v) is 19.1. The van der Waals surface area contributed by atoms with E-state index >= 15 is 0 Å². The molecule has 0 atom stereocenters. The van der Waals surface area contributed by atoms with Crippen LogP contribution in [0.4, 0.5) is 0 Å². The Labute approximate surface area is 187 Å². The SMILES string of the molecule is CC/C(=N\N=C(/C)c1cccc(Br)c1)OCc1c(Cl)cccc1-n1nnn(C)c1=O. The Hall–Kier alpha value is -2.78. The number of halogens is 2. The molecule has 2 aromatic carbocycles. The minimum atomic E-state index is -0.378. The van der Waals surface area contributed by atoms with E-state index in [1.54, 1.807) is 18.2 Å². The van der Waals surface area contributed by atoms with Crippen LogP contribution in [0.25, 0.3) is 5.69 Å². The Morgan fingerprint density at radius 1 is 1.20 bits per heavy atom. The van der Waals surface area contributed by atoms with Gasteiger partial charge in [-0.1, -0.05) is 52.7 Å². The van der Waals surface area contributed by atoms with Gasteiger partial charge in [-0.2, -0.15) is 14.5 Å². The second-order valence-corrected chi connectivity index (χ2v) is 7.69. The highest BCUT2D eigenvalue weighted by Crippen LogP contribution is 2.23. The van der Waals surface area contributed by atoms with Crippen LogP contribution in [0.15, 0.2) is 61.9 Å². The molecule has 156 valence electrons. The maximum atomic E-state index is 12.2. The molecule has 3 aromatic rings. The molecule has 0 radical (unpaired) electrons. The van der Waals surface area contributed by atoms with Gasteiger partial charge in [0.1, 0.15) is 6.61 Å². The molecule has 30 heavy (non-hydrogen) atoms. The number of hydrogen-bond acceptors (Lipinski definition) is 6. The Balaban J connectivity index is 1.83. The standard InChI is InChI=1S/C20H20BrClN6O2/c1-4-19(24-23-13(2)14-7-5-8-15(21)11-14)30-12-16-17(22)9-6-10-18(16)28-20(29)27(3)25-26-28/h5-11H,4,12H2,1-3H3/b23-13+,24-19+. The molecular weight excluding hydrogens is 472 g/mol. The summed E-state index contributed by atoms with van der Waals surface area (Å²) in [5, 5.41) is 16.6. The fourth-order valence-electron chi connectivity index (χ4n) is 2.61. The predicted octanol–water partition coefficient (Wildman–Crippen LogP) is 4.13. The highest BCUT2D eigenvalue weighted by molar-refractivity contribution is 9.10. The summed E-state index contributed by atoms with van der Waals surface area (Å²) in [4.78, 5) is 12.2. The molecule has 0 bridgehead atoms. The van der Waals surface area contributed by atoms with Crippen LogP contribution in [0, 0.1) is 0 Å². The summed E-state index contributed by atoms with van der Waals surface area (Å²) in [5.74, 6) is 0.446. The maximum Gasteiger partial charge on any atom is 0.368 e. The predicted molar refractivity (Wildman–Crippen MR) is 120 cm³/mol. The Morgan fingerprint density at radius 2 is 1.97 bits per heavy atom. The van der Waals surface area contributed by atoms with Gasteiger partial charge < -0.3 is 4.74 Å². The van der Waals surface area contributed by atoms with E-state index in [-0.39, 0.29) is 12.3 Å². The van der Waals surface area contributed by atoms with E-state index in [2.05, 4.69) is 36.6 Å². The summed E-state index contributed by atoms with van der Waals surface area (Å²) in [6, 6.07) is 13.0. The number of hydrogen-bond donors (Lipinski definition) is 0. The zero-order chi connectivity index (χ0) is 21.7. The number of ether oxygens (including phenoxy) is 1. The molecule has 0 amide bonds. The smallest absolute Gasteiger partial charge is 0.368 e. The highest BCUT2D eigenvalue weighted by Gasteiger charge is 2.15. The van der Waals surface area contributed by atoms with Crippen molar-refractivity contribution in [1.29, 1.82) is 0 Å². The first-order chi connectivity index (χ1) is 14.4. The highest BCUT2D eigenvalue weighted by atomic mass is 79.9. The van der Waals surface area contributed by atoms with Crippen molar-refractivity contribution in [1.82, 2.24) is 19.8 Å². The molecule has 10 heteroatoms. The van der Waals surface area contributed by atoms with Crippen LogP contribution >= 0.6 is 27.5 Å². The minimum Gasteiger partial charge on any atom is -0.475 e. The van der Waals surface area contributed by atoms with Crippen molar-refractivity contribution in [3.05, 3.63) is 73.6 Å². The topological polar surface area (TPSA) is 86.7 Å². The summed E-state index contributed by atoms with van der Waals surface area (Å²) in [6.07, 6.45) is 0.542. The Kier molecular flexibility index (Phi) is 7.17. The third-order valence-corrected chi connectivity index (χ3v) is 5.13. The van der Waals surface area contributed by atoms with Crippen molar-refractivity contribution >= 4 is 39.1 Å². The lowest BCUT2D eigenvalue weighted by Gasteiger charge is -2.12. The third kappa shape index (κ3) is 5.03. The number of nitrogens with zero attached hydrogens (tertiary/aromatic N) is 6. The van der Waals surface area contributed by atoms with Gasteiger partial charge in [-0.05, 0) is 47.2 Å². The van der Waals surface area contributed by atoms with Crippen molar-refractivity contribution in [2.45, 2.75) is 26.9 Å². The van der Waals surface area contributed by atoms with Gasteiger partial charge in [0.15, 0.2) is 0 Å². The zero-order valence-electron chi connectivity index (χ0n) is 16.7. The van der Waals surface area contributed by atoms with Crippen LogP contribution in [-0.2, 0) is 18.4 Å². The normalized spacial score (nSPS) is 12.3. The van der Waals surface area contributed by atoms with Gasteiger partial charge in [0.25, 0.3) is 0 Å². The largest absolute Gasteiger partial charge is 0.475 e. The van der Waals surface area contributed by atoms with Gasteiger partial charge in [0.05, 0.1) is 11.4 Å². The summed E-state index contributed by atoms with van der Waals surface area (Å²) in [5.41, 5.74) is 2.45. The fourth-order valence-corrected chi connectivity index (χ4v) is 3.24. The average molecular weight is 492 g/mol. The van der Waals surface area contributed by atoms with Gasteiger partial charge in [0.2, 0.25) is 5.90 Å².